The third kappa shape index (κ3) is 3240. The Balaban J connectivity index is -0.0000000125. The SMILES string of the molecule is O=[Si]([O-])F.O=[Si]([O-])F.O=[Si]([O-])F.O=[Si]([O-])F.O=[Si]([O-])F.O=[Si]([O-])F.[Ag+].[Ag+].[Ag+].[Ag+].[Ag+].[Ag+]. The van der Waals surface area contributed by atoms with Crippen molar-refractivity contribution >= 4 is 55.6 Å². The van der Waals surface area contributed by atoms with Crippen LogP contribution in [0.1, 0.15) is 0 Å². The summed E-state index contributed by atoms with van der Waals surface area (Å²) in [5, 5.41) is 0. The van der Waals surface area contributed by atoms with Crippen molar-refractivity contribution in [3.05, 3.63) is 0 Å². The molecule has 0 saturated heterocycles. The smallest absolute Gasteiger partial charge is 0.560 e. The maximum absolute atomic E-state index is 9.99. The summed E-state index contributed by atoms with van der Waals surface area (Å²) in [6.45, 7) is 0. The van der Waals surface area contributed by atoms with Crippen LogP contribution in [0, 0.1) is 0 Å². The molecule has 0 aliphatic rings. The molecule has 30 heavy (non-hydrogen) atoms. The normalized spacial score (nSPS) is 5.00. The summed E-state index contributed by atoms with van der Waals surface area (Å²) in [6.07, 6.45) is 0. The standard InChI is InChI=1S/6Ag.6FO2Si/c;;;;;;6*1-4(2)3/q6*+1;6*-1. The summed E-state index contributed by atoms with van der Waals surface area (Å²) < 4.78 is 110. The predicted molar refractivity (Wildman–Crippen MR) is 45.3 cm³/mol. The average Bonchev–Trinajstić information content (AvgIpc) is 2.08. The van der Waals surface area contributed by atoms with Gasteiger partial charge in [0.15, 0.2) is 0 Å². The van der Waals surface area contributed by atoms with Gasteiger partial charge < -0.3 is 55.5 Å². The molecule has 0 radical (unpaired) electrons. The van der Waals surface area contributed by atoms with Gasteiger partial charge in [0, 0.05) is 0 Å². The van der Waals surface area contributed by atoms with E-state index in [2.05, 4.69) is 0 Å². The molecule has 0 amide bonds. The molecule has 30 heteroatoms. The van der Waals surface area contributed by atoms with Gasteiger partial charge in [-0.25, -0.2) is 0 Å². The molecule has 0 aromatic carbocycles. The molecule has 0 fully saturated rings. The third-order valence-corrected chi connectivity index (χ3v) is 0. The van der Waals surface area contributed by atoms with Gasteiger partial charge in [0.2, 0.25) is 0 Å². The summed E-state index contributed by atoms with van der Waals surface area (Å²) >= 11 is 0. The van der Waals surface area contributed by atoms with Crippen LogP contribution in [0.5, 0.6) is 0 Å². The van der Waals surface area contributed by atoms with Crippen molar-refractivity contribution in [1.29, 1.82) is 0 Å². The molecule has 0 aliphatic heterocycles. The van der Waals surface area contributed by atoms with E-state index in [0.717, 1.165) is 0 Å². The maximum Gasteiger partial charge on any atom is 1.00 e. The molecule has 0 rings (SSSR count). The van der Waals surface area contributed by atoms with Crippen LogP contribution in [-0.4, -0.2) is 55.6 Å². The van der Waals surface area contributed by atoms with Gasteiger partial charge in [-0.2, -0.15) is 0 Å². The van der Waals surface area contributed by atoms with Crippen molar-refractivity contribution in [3.63, 3.8) is 0 Å². The van der Waals surface area contributed by atoms with E-state index >= 15 is 0 Å². The molecule has 0 saturated carbocycles. The zero-order chi connectivity index (χ0) is 21.5. The van der Waals surface area contributed by atoms with Crippen LogP contribution < -0.4 is 28.8 Å². The first kappa shape index (κ1) is 76.6. The Kier molecular flexibility index (Phi) is 178. The summed E-state index contributed by atoms with van der Waals surface area (Å²) in [7, 11) is -23.3. The van der Waals surface area contributed by atoms with Gasteiger partial charge >= 0.3 is 190 Å². The Labute approximate surface area is 266 Å². The van der Waals surface area contributed by atoms with E-state index < -0.39 is 55.6 Å². The van der Waals surface area contributed by atoms with E-state index in [-0.39, 0.29) is 134 Å². The fraction of sp³-hybridized carbons (Fsp3) is 0. The second-order valence-corrected chi connectivity index (χ2v) is 4.28. The van der Waals surface area contributed by atoms with Crippen molar-refractivity contribution in [2.75, 3.05) is 0 Å². The zero-order valence-corrected chi connectivity index (χ0v) is 26.9. The molecule has 0 atom stereocenters. The largest absolute Gasteiger partial charge is 1.00 e. The van der Waals surface area contributed by atoms with Gasteiger partial charge in [0.05, 0.1) is 0 Å². The first-order valence-corrected chi connectivity index (χ1v) is 10.8. The summed E-state index contributed by atoms with van der Waals surface area (Å²) in [6, 6.07) is 0. The topological polar surface area (TPSA) is 241 Å². The molecule has 0 bridgehead atoms. The van der Waals surface area contributed by atoms with E-state index in [9.17, 15) is 24.6 Å². The zero-order valence-electron chi connectivity index (χ0n) is 12.0. The van der Waals surface area contributed by atoms with Gasteiger partial charge in [-0.3, -0.25) is 24.6 Å². The van der Waals surface area contributed by atoms with Crippen molar-refractivity contribution in [2.24, 2.45) is 0 Å². The molecule has 0 aromatic heterocycles. The van der Waals surface area contributed by atoms with E-state index in [1.165, 1.54) is 0 Å². The summed E-state index contributed by atoms with van der Waals surface area (Å²) in [5.41, 5.74) is 0. The Morgan fingerprint density at radius 2 is 0.300 bits per heavy atom. The second kappa shape index (κ2) is 69.7. The third-order valence-electron chi connectivity index (χ3n) is 0. The summed E-state index contributed by atoms with van der Waals surface area (Å²) in [5.74, 6) is 0. The molecule has 12 nitrogen and oxygen atoms in total. The van der Waals surface area contributed by atoms with Crippen molar-refractivity contribution < 1.29 is 214 Å². The molecule has 0 heterocycles. The van der Waals surface area contributed by atoms with E-state index in [0.29, 0.717) is 0 Å². The molecule has 0 spiro atoms. The monoisotopic (exact) mass is 1120 g/mol. The average molecular weight is 1120 g/mol. The van der Waals surface area contributed by atoms with Crippen molar-refractivity contribution in [3.8, 4) is 0 Å². The number of hydrogen-bond acceptors (Lipinski definition) is 12. The first-order valence-electron chi connectivity index (χ1n) is 3.58. The minimum atomic E-state index is -3.88. The van der Waals surface area contributed by atoms with Gasteiger partial charge in [-0.15, -0.1) is 0 Å². The van der Waals surface area contributed by atoms with E-state index in [1.807, 2.05) is 0 Å². The molecule has 0 aromatic rings. The molecule has 0 aliphatic carbocycles. The minimum absolute atomic E-state index is 0. The Bertz CT molecular complexity index is 289. The maximum atomic E-state index is 9.99. The Morgan fingerprint density at radius 1 is 0.300 bits per heavy atom. The van der Waals surface area contributed by atoms with Gasteiger partial charge in [0.1, 0.15) is 0 Å². The van der Waals surface area contributed by atoms with Crippen LogP contribution in [0.25, 0.3) is 0 Å². The number of halogens is 6. The molecular weight excluding hydrogens is 1120 g/mol. The van der Waals surface area contributed by atoms with Gasteiger partial charge in [-0.1, -0.05) is 0 Å². The first-order chi connectivity index (χ1) is 10.4. The molecule has 0 N–H and O–H groups in total. The fourth-order valence-electron chi connectivity index (χ4n) is 0. The van der Waals surface area contributed by atoms with Crippen LogP contribution >= 0.6 is 0 Å². The number of rotatable bonds is 0. The Hall–Kier alpha value is 2.92. The van der Waals surface area contributed by atoms with Crippen LogP contribution in [0.2, 0.25) is 0 Å². The molecule has 204 valence electrons. The summed E-state index contributed by atoms with van der Waals surface area (Å²) in [4.78, 5) is 50.4. The van der Waals surface area contributed by atoms with Crippen molar-refractivity contribution in [1.82, 2.24) is 0 Å². The minimum Gasteiger partial charge on any atom is -0.560 e. The van der Waals surface area contributed by atoms with Crippen LogP contribution in [-0.2, 0) is 161 Å². The number of hydrogen-bond donors (Lipinski definition) is 0. The molecule has 0 unspecified atom stereocenters. The van der Waals surface area contributed by atoms with E-state index in [1.54, 1.807) is 0 Å². The quantitative estimate of drug-likeness (QED) is 0.125. The van der Waals surface area contributed by atoms with Crippen LogP contribution in [0.3, 0.4) is 0 Å². The second-order valence-electron chi connectivity index (χ2n) is 1.43. The van der Waals surface area contributed by atoms with Crippen LogP contribution in [0.15, 0.2) is 0 Å². The Morgan fingerprint density at radius 3 is 0.300 bits per heavy atom. The predicted octanol–water partition coefficient (Wildman–Crippen LogP) is -7.63. The van der Waals surface area contributed by atoms with Crippen molar-refractivity contribution in [2.45, 2.75) is 0 Å². The molecular formula is Ag6F6O12Si6. The van der Waals surface area contributed by atoms with Crippen LogP contribution in [0.4, 0.5) is 24.6 Å². The van der Waals surface area contributed by atoms with E-state index in [4.69, 9.17) is 55.5 Å². The van der Waals surface area contributed by atoms with Gasteiger partial charge in [-0.05, 0) is 0 Å². The van der Waals surface area contributed by atoms with Gasteiger partial charge in [0.25, 0.3) is 0 Å². The fourth-order valence-corrected chi connectivity index (χ4v) is 0.